The zero-order chi connectivity index (χ0) is 23.0. The average molecular weight is 455 g/mol. The Morgan fingerprint density at radius 3 is 2.66 bits per heavy atom. The molecule has 1 fully saturated rings. The molecule has 0 radical (unpaired) electrons. The molecule has 1 atom stereocenters. The third-order valence-corrected chi connectivity index (χ3v) is 5.94. The molecular formula is C24H23ClN2O5. The summed E-state index contributed by atoms with van der Waals surface area (Å²) in [5.74, 6) is -1.46. The lowest BCUT2D eigenvalue weighted by atomic mass is 9.93. The Kier molecular flexibility index (Phi) is 5.95. The van der Waals surface area contributed by atoms with Gasteiger partial charge in [-0.05, 0) is 31.2 Å². The molecule has 166 valence electrons. The Labute approximate surface area is 190 Å². The number of aromatic nitrogens is 1. The molecule has 8 heteroatoms. The highest BCUT2D eigenvalue weighted by Crippen LogP contribution is 2.44. The molecule has 7 nitrogen and oxygen atoms in total. The van der Waals surface area contributed by atoms with Crippen LogP contribution in [-0.4, -0.2) is 54.1 Å². The number of aryl methyl sites for hydroxylation is 1. The zero-order valence-corrected chi connectivity index (χ0v) is 18.7. The van der Waals surface area contributed by atoms with Gasteiger partial charge in [-0.3, -0.25) is 9.59 Å². The topological polar surface area (TPSA) is 91.9 Å². The van der Waals surface area contributed by atoms with Gasteiger partial charge in [-0.2, -0.15) is 0 Å². The number of ether oxygens (including phenoxy) is 2. The Hall–Kier alpha value is -3.29. The van der Waals surface area contributed by atoms with Crippen LogP contribution >= 0.6 is 11.6 Å². The van der Waals surface area contributed by atoms with E-state index in [1.54, 1.807) is 12.1 Å². The van der Waals surface area contributed by atoms with E-state index in [1.807, 2.05) is 31.2 Å². The van der Waals surface area contributed by atoms with Gasteiger partial charge in [-0.15, -0.1) is 0 Å². The van der Waals surface area contributed by atoms with Gasteiger partial charge in [0.05, 0.1) is 30.9 Å². The van der Waals surface area contributed by atoms with Crippen LogP contribution in [0.25, 0.3) is 16.7 Å². The van der Waals surface area contributed by atoms with Crippen LogP contribution in [0.1, 0.15) is 22.9 Å². The number of aliphatic hydroxyl groups is 1. The zero-order valence-electron chi connectivity index (χ0n) is 17.9. The second-order valence-corrected chi connectivity index (χ2v) is 7.98. The number of nitrogens with one attached hydrogen (secondary N) is 1. The lowest BCUT2D eigenvalue weighted by molar-refractivity contribution is -0.140. The van der Waals surface area contributed by atoms with Gasteiger partial charge in [-0.1, -0.05) is 29.8 Å². The summed E-state index contributed by atoms with van der Waals surface area (Å²) in [5.41, 5.74) is 2.65. The van der Waals surface area contributed by atoms with Crippen LogP contribution in [0.5, 0.6) is 5.75 Å². The molecule has 2 heterocycles. The number of rotatable bonds is 6. The van der Waals surface area contributed by atoms with Crippen molar-refractivity contribution >= 4 is 40.0 Å². The predicted molar refractivity (Wildman–Crippen MR) is 122 cm³/mol. The first-order valence-electron chi connectivity index (χ1n) is 10.1. The van der Waals surface area contributed by atoms with Crippen molar-refractivity contribution in [1.82, 2.24) is 9.88 Å². The molecular weight excluding hydrogens is 432 g/mol. The Bertz CT molecular complexity index is 1250. The van der Waals surface area contributed by atoms with E-state index < -0.39 is 17.7 Å². The maximum Gasteiger partial charge on any atom is 0.295 e. The summed E-state index contributed by atoms with van der Waals surface area (Å²) in [7, 11) is 2.98. The van der Waals surface area contributed by atoms with Gasteiger partial charge in [0.25, 0.3) is 11.7 Å². The molecule has 0 aliphatic carbocycles. The largest absolute Gasteiger partial charge is 0.507 e. The third kappa shape index (κ3) is 3.53. The minimum atomic E-state index is -0.801. The second kappa shape index (κ2) is 8.68. The SMILES string of the molecule is COCCN1C(=O)C(=O)/C(=C(/O)c2cc(Cl)ccc2OC)C1c1c(C)[nH]c2ccccc12. The fourth-order valence-corrected chi connectivity index (χ4v) is 4.43. The third-order valence-electron chi connectivity index (χ3n) is 5.71. The molecule has 0 bridgehead atoms. The summed E-state index contributed by atoms with van der Waals surface area (Å²) >= 11 is 6.15. The van der Waals surface area contributed by atoms with Gasteiger partial charge in [0.15, 0.2) is 0 Å². The number of H-pyrrole nitrogens is 1. The molecule has 1 unspecified atom stereocenters. The van der Waals surface area contributed by atoms with Gasteiger partial charge in [-0.25, -0.2) is 0 Å². The van der Waals surface area contributed by atoms with Crippen molar-refractivity contribution in [3.63, 3.8) is 0 Å². The normalized spacial score (nSPS) is 18.0. The van der Waals surface area contributed by atoms with E-state index in [2.05, 4.69) is 4.98 Å². The molecule has 1 aliphatic heterocycles. The van der Waals surface area contributed by atoms with Crippen molar-refractivity contribution in [3.8, 4) is 5.75 Å². The summed E-state index contributed by atoms with van der Waals surface area (Å²) < 4.78 is 10.5. The maximum absolute atomic E-state index is 13.2. The highest BCUT2D eigenvalue weighted by Gasteiger charge is 2.47. The van der Waals surface area contributed by atoms with Gasteiger partial charge in [0, 0.05) is 40.8 Å². The van der Waals surface area contributed by atoms with E-state index in [0.29, 0.717) is 10.8 Å². The fourth-order valence-electron chi connectivity index (χ4n) is 4.26. The monoisotopic (exact) mass is 454 g/mol. The van der Waals surface area contributed by atoms with Crippen molar-refractivity contribution in [2.24, 2.45) is 0 Å². The van der Waals surface area contributed by atoms with Crippen molar-refractivity contribution < 1.29 is 24.2 Å². The lowest BCUT2D eigenvalue weighted by Crippen LogP contribution is -2.32. The number of benzene rings is 2. The summed E-state index contributed by atoms with van der Waals surface area (Å²) in [6, 6.07) is 11.6. The van der Waals surface area contributed by atoms with Gasteiger partial charge in [0.1, 0.15) is 11.5 Å². The number of hydrogen-bond donors (Lipinski definition) is 2. The lowest BCUT2D eigenvalue weighted by Gasteiger charge is -2.25. The number of aliphatic hydroxyl groups excluding tert-OH is 1. The van der Waals surface area contributed by atoms with Gasteiger partial charge < -0.3 is 24.5 Å². The number of nitrogens with zero attached hydrogens (tertiary/aromatic N) is 1. The minimum absolute atomic E-state index is 0.0143. The first kappa shape index (κ1) is 21.9. The van der Waals surface area contributed by atoms with Crippen molar-refractivity contribution in [3.05, 3.63) is 69.9 Å². The van der Waals surface area contributed by atoms with Crippen LogP contribution in [0.3, 0.4) is 0 Å². The molecule has 32 heavy (non-hydrogen) atoms. The van der Waals surface area contributed by atoms with Crippen LogP contribution in [0.2, 0.25) is 5.02 Å². The first-order valence-corrected chi connectivity index (χ1v) is 10.4. The predicted octanol–water partition coefficient (Wildman–Crippen LogP) is 4.21. The quantitative estimate of drug-likeness (QED) is 0.331. The fraction of sp³-hybridized carbons (Fsp3) is 0.250. The molecule has 3 aromatic rings. The number of halogens is 1. The number of hydrogen-bond acceptors (Lipinski definition) is 5. The van der Waals surface area contributed by atoms with Crippen molar-refractivity contribution in [2.75, 3.05) is 27.4 Å². The Morgan fingerprint density at radius 2 is 1.94 bits per heavy atom. The van der Waals surface area contributed by atoms with E-state index >= 15 is 0 Å². The van der Waals surface area contributed by atoms with Crippen LogP contribution in [-0.2, 0) is 14.3 Å². The number of aromatic amines is 1. The second-order valence-electron chi connectivity index (χ2n) is 7.54. The molecule has 1 saturated heterocycles. The van der Waals surface area contributed by atoms with Crippen LogP contribution < -0.4 is 4.74 Å². The number of Topliss-reactive ketones (excluding diaryl/α,β-unsaturated/α-hetero) is 1. The highest BCUT2D eigenvalue weighted by atomic mass is 35.5. The molecule has 0 saturated carbocycles. The number of methoxy groups -OCH3 is 2. The Balaban J connectivity index is 2.01. The number of likely N-dealkylation sites (tertiary alicyclic amines) is 1. The molecule has 1 amide bonds. The van der Waals surface area contributed by atoms with E-state index in [-0.39, 0.29) is 30.0 Å². The molecule has 2 N–H and O–H groups in total. The number of para-hydroxylation sites is 1. The Morgan fingerprint density at radius 1 is 1.19 bits per heavy atom. The minimum Gasteiger partial charge on any atom is -0.507 e. The number of amides is 1. The van der Waals surface area contributed by atoms with E-state index in [1.165, 1.54) is 25.2 Å². The summed E-state index contributed by atoms with van der Waals surface area (Å²) in [4.78, 5) is 31.0. The molecule has 2 aromatic carbocycles. The number of carbonyl (C=O) groups excluding carboxylic acids is 2. The van der Waals surface area contributed by atoms with E-state index in [4.69, 9.17) is 21.1 Å². The summed E-state index contributed by atoms with van der Waals surface area (Å²) in [5, 5.41) is 12.5. The van der Waals surface area contributed by atoms with Gasteiger partial charge >= 0.3 is 0 Å². The molecule has 1 aliphatic rings. The van der Waals surface area contributed by atoms with Crippen LogP contribution in [0, 0.1) is 6.92 Å². The van der Waals surface area contributed by atoms with Crippen molar-refractivity contribution in [2.45, 2.75) is 13.0 Å². The maximum atomic E-state index is 13.2. The smallest absolute Gasteiger partial charge is 0.295 e. The standard InChI is InChI=1S/C24H23ClN2O5/c1-13-19(15-6-4-5-7-17(15)26-13)21-20(23(29)24(30)27(21)10-11-31-2)22(28)16-12-14(25)8-9-18(16)32-3/h4-9,12,21,26,28H,10-11H2,1-3H3/b22-20+. The average Bonchev–Trinajstić information content (AvgIpc) is 3.24. The number of ketones is 1. The van der Waals surface area contributed by atoms with Gasteiger partial charge in [0.2, 0.25) is 0 Å². The number of carbonyl (C=O) groups is 2. The van der Waals surface area contributed by atoms with Crippen molar-refractivity contribution in [1.29, 1.82) is 0 Å². The first-order chi connectivity index (χ1) is 15.4. The molecule has 4 rings (SSSR count). The van der Waals surface area contributed by atoms with Crippen LogP contribution in [0.4, 0.5) is 0 Å². The highest BCUT2D eigenvalue weighted by molar-refractivity contribution is 6.46. The summed E-state index contributed by atoms with van der Waals surface area (Å²) in [6.45, 7) is 2.31. The molecule has 0 spiro atoms. The number of fused-ring (bicyclic) bond motifs is 1. The van der Waals surface area contributed by atoms with E-state index in [9.17, 15) is 14.7 Å². The summed E-state index contributed by atoms with van der Waals surface area (Å²) in [6.07, 6.45) is 0. The van der Waals surface area contributed by atoms with Crippen LogP contribution in [0.15, 0.2) is 48.0 Å². The van der Waals surface area contributed by atoms with E-state index in [0.717, 1.165) is 22.2 Å². The molecule has 1 aromatic heterocycles.